The summed E-state index contributed by atoms with van der Waals surface area (Å²) in [5.41, 5.74) is 6.32. The molecule has 0 bridgehead atoms. The molecule has 12 heavy (non-hydrogen) atoms. The molecule has 1 amide bonds. The van der Waals surface area contributed by atoms with Crippen molar-refractivity contribution in [2.75, 3.05) is 7.11 Å². The van der Waals surface area contributed by atoms with Gasteiger partial charge in [0.05, 0.1) is 7.11 Å². The second kappa shape index (κ2) is 3.21. The summed E-state index contributed by atoms with van der Waals surface area (Å²) in [4.78, 5) is 14.7. The van der Waals surface area contributed by atoms with Gasteiger partial charge in [-0.1, -0.05) is 0 Å². The Labute approximate surface area is 70.4 Å². The molecular formula is C8H10N2O2. The van der Waals surface area contributed by atoms with Crippen LogP contribution in [0.2, 0.25) is 0 Å². The van der Waals surface area contributed by atoms with Crippen molar-refractivity contribution in [3.05, 3.63) is 23.4 Å². The van der Waals surface area contributed by atoms with Crippen LogP contribution >= 0.6 is 0 Å². The first-order valence-corrected chi connectivity index (χ1v) is 3.45. The second-order valence-electron chi connectivity index (χ2n) is 2.41. The molecule has 0 aliphatic rings. The highest BCUT2D eigenvalue weighted by Crippen LogP contribution is 2.12. The van der Waals surface area contributed by atoms with Crippen molar-refractivity contribution >= 4 is 5.91 Å². The molecule has 64 valence electrons. The zero-order valence-electron chi connectivity index (χ0n) is 7.00. The largest absolute Gasteiger partial charge is 0.481 e. The lowest BCUT2D eigenvalue weighted by molar-refractivity contribution is 0.0999. The summed E-state index contributed by atoms with van der Waals surface area (Å²) >= 11 is 0. The molecule has 2 N–H and O–H groups in total. The fourth-order valence-corrected chi connectivity index (χ4v) is 0.882. The first kappa shape index (κ1) is 8.52. The lowest BCUT2D eigenvalue weighted by Crippen LogP contribution is -2.13. The van der Waals surface area contributed by atoms with E-state index in [9.17, 15) is 4.79 Å². The van der Waals surface area contributed by atoms with E-state index in [-0.39, 0.29) is 0 Å². The molecule has 4 heteroatoms. The van der Waals surface area contributed by atoms with Gasteiger partial charge in [-0.3, -0.25) is 4.79 Å². The summed E-state index contributed by atoms with van der Waals surface area (Å²) in [6, 6.07) is 1.53. The Balaban J connectivity index is 3.17. The average molecular weight is 166 g/mol. The van der Waals surface area contributed by atoms with Crippen molar-refractivity contribution in [2.24, 2.45) is 5.73 Å². The molecule has 0 unspecified atom stereocenters. The molecule has 0 saturated carbocycles. The summed E-state index contributed by atoms with van der Waals surface area (Å²) in [6.07, 6.45) is 1.55. The van der Waals surface area contributed by atoms with E-state index < -0.39 is 5.91 Å². The number of amides is 1. The van der Waals surface area contributed by atoms with Crippen LogP contribution in [0.5, 0.6) is 5.88 Å². The van der Waals surface area contributed by atoms with Crippen molar-refractivity contribution in [3.63, 3.8) is 0 Å². The molecule has 0 saturated heterocycles. The van der Waals surface area contributed by atoms with Crippen LogP contribution in [0.1, 0.15) is 15.9 Å². The molecule has 0 aromatic carbocycles. The number of rotatable bonds is 2. The summed E-state index contributed by atoms with van der Waals surface area (Å²) in [6.45, 7) is 1.77. The molecule has 0 fully saturated rings. The van der Waals surface area contributed by atoms with Gasteiger partial charge in [-0.15, -0.1) is 0 Å². The third-order valence-electron chi connectivity index (χ3n) is 1.55. The fourth-order valence-electron chi connectivity index (χ4n) is 0.882. The van der Waals surface area contributed by atoms with Crippen LogP contribution in [0.25, 0.3) is 0 Å². The molecule has 0 atom stereocenters. The van der Waals surface area contributed by atoms with Crippen LogP contribution in [0.4, 0.5) is 0 Å². The van der Waals surface area contributed by atoms with E-state index in [2.05, 4.69) is 4.98 Å². The van der Waals surface area contributed by atoms with Gasteiger partial charge in [-0.25, -0.2) is 4.98 Å². The third-order valence-corrected chi connectivity index (χ3v) is 1.55. The van der Waals surface area contributed by atoms with Gasteiger partial charge < -0.3 is 10.5 Å². The highest BCUT2D eigenvalue weighted by Gasteiger charge is 2.06. The number of aromatic nitrogens is 1. The summed E-state index contributed by atoms with van der Waals surface area (Å²) < 4.78 is 4.84. The van der Waals surface area contributed by atoms with E-state index in [1.807, 2.05) is 0 Å². The maximum atomic E-state index is 10.8. The Hall–Kier alpha value is -1.58. The minimum Gasteiger partial charge on any atom is -0.481 e. The third kappa shape index (κ3) is 1.53. The van der Waals surface area contributed by atoms with E-state index in [0.717, 1.165) is 5.56 Å². The molecule has 1 aromatic heterocycles. The van der Waals surface area contributed by atoms with Gasteiger partial charge >= 0.3 is 0 Å². The van der Waals surface area contributed by atoms with Crippen LogP contribution in [0, 0.1) is 6.92 Å². The van der Waals surface area contributed by atoms with E-state index >= 15 is 0 Å². The minimum absolute atomic E-state index is 0.398. The van der Waals surface area contributed by atoms with Gasteiger partial charge in [0.15, 0.2) is 0 Å². The summed E-state index contributed by atoms with van der Waals surface area (Å²) in [7, 11) is 1.49. The first-order chi connectivity index (χ1) is 5.65. The van der Waals surface area contributed by atoms with Gasteiger partial charge in [0.2, 0.25) is 11.8 Å². The molecule has 0 aliphatic heterocycles. The Morgan fingerprint density at radius 2 is 2.33 bits per heavy atom. The average Bonchev–Trinajstić information content (AvgIpc) is 2.05. The Bertz CT molecular complexity index is 310. The molecule has 1 heterocycles. The molecule has 1 aromatic rings. The predicted molar refractivity (Wildman–Crippen MR) is 44.0 cm³/mol. The SMILES string of the molecule is COc1cc(C(N)=O)c(C)cn1. The number of nitrogens with two attached hydrogens (primary N) is 1. The maximum Gasteiger partial charge on any atom is 0.249 e. The smallest absolute Gasteiger partial charge is 0.249 e. The molecule has 4 nitrogen and oxygen atoms in total. The number of hydrogen-bond donors (Lipinski definition) is 1. The van der Waals surface area contributed by atoms with Crippen molar-refractivity contribution in [1.29, 1.82) is 0 Å². The zero-order valence-corrected chi connectivity index (χ0v) is 7.00. The topological polar surface area (TPSA) is 65.2 Å². The lowest BCUT2D eigenvalue weighted by Gasteiger charge is -2.02. The van der Waals surface area contributed by atoms with Gasteiger partial charge in [0, 0.05) is 17.8 Å². The van der Waals surface area contributed by atoms with Gasteiger partial charge in [0.25, 0.3) is 0 Å². The number of nitrogens with zero attached hydrogens (tertiary/aromatic N) is 1. The summed E-state index contributed by atoms with van der Waals surface area (Å²) in [5.74, 6) is -0.0670. The normalized spacial score (nSPS) is 9.50. The highest BCUT2D eigenvalue weighted by atomic mass is 16.5. The van der Waals surface area contributed by atoms with Gasteiger partial charge in [0.1, 0.15) is 0 Å². The number of carbonyl (C=O) groups excluding carboxylic acids is 1. The fraction of sp³-hybridized carbons (Fsp3) is 0.250. The van der Waals surface area contributed by atoms with Crippen LogP contribution in [0.15, 0.2) is 12.3 Å². The number of primary amides is 1. The second-order valence-corrected chi connectivity index (χ2v) is 2.41. The number of ether oxygens (including phenoxy) is 1. The first-order valence-electron chi connectivity index (χ1n) is 3.45. The van der Waals surface area contributed by atoms with Crippen LogP contribution in [0.3, 0.4) is 0 Å². The maximum absolute atomic E-state index is 10.8. The molecule has 0 radical (unpaired) electrons. The van der Waals surface area contributed by atoms with Crippen molar-refractivity contribution in [1.82, 2.24) is 4.98 Å². The van der Waals surface area contributed by atoms with Crippen molar-refractivity contribution < 1.29 is 9.53 Å². The quantitative estimate of drug-likeness (QED) is 0.695. The predicted octanol–water partition coefficient (Wildman–Crippen LogP) is 0.498. The molecular weight excluding hydrogens is 156 g/mol. The monoisotopic (exact) mass is 166 g/mol. The zero-order chi connectivity index (χ0) is 9.14. The standard InChI is InChI=1S/C8H10N2O2/c1-5-4-10-7(12-2)3-6(5)8(9)11/h3-4H,1-2H3,(H2,9,11). The van der Waals surface area contributed by atoms with Crippen molar-refractivity contribution in [3.8, 4) is 5.88 Å². The highest BCUT2D eigenvalue weighted by molar-refractivity contribution is 5.94. The van der Waals surface area contributed by atoms with Gasteiger partial charge in [-0.2, -0.15) is 0 Å². The number of hydrogen-bond acceptors (Lipinski definition) is 3. The van der Waals surface area contributed by atoms with Crippen molar-refractivity contribution in [2.45, 2.75) is 6.92 Å². The summed E-state index contributed by atoms with van der Waals surface area (Å²) in [5, 5.41) is 0. The van der Waals surface area contributed by atoms with E-state index in [0.29, 0.717) is 11.4 Å². The molecule has 0 aliphatic carbocycles. The van der Waals surface area contributed by atoms with E-state index in [4.69, 9.17) is 10.5 Å². The van der Waals surface area contributed by atoms with Crippen LogP contribution in [-0.4, -0.2) is 18.0 Å². The Morgan fingerprint density at radius 3 is 2.83 bits per heavy atom. The lowest BCUT2D eigenvalue weighted by atomic mass is 10.1. The number of pyridine rings is 1. The molecule has 1 rings (SSSR count). The van der Waals surface area contributed by atoms with Gasteiger partial charge in [-0.05, 0) is 12.5 Å². The van der Waals surface area contributed by atoms with Crippen LogP contribution in [-0.2, 0) is 0 Å². The number of methoxy groups -OCH3 is 1. The number of carbonyl (C=O) groups is 1. The minimum atomic E-state index is -0.465. The number of aryl methyl sites for hydroxylation is 1. The Kier molecular flexibility index (Phi) is 2.28. The molecule has 0 spiro atoms. The van der Waals surface area contributed by atoms with E-state index in [1.54, 1.807) is 13.1 Å². The van der Waals surface area contributed by atoms with E-state index in [1.165, 1.54) is 13.2 Å². The van der Waals surface area contributed by atoms with Crippen LogP contribution < -0.4 is 10.5 Å². The Morgan fingerprint density at radius 1 is 1.67 bits per heavy atom.